The first-order valence-corrected chi connectivity index (χ1v) is 9.48. The van der Waals surface area contributed by atoms with Crippen LogP contribution in [0.5, 0.6) is 11.5 Å². The number of carbonyl (C=O) groups is 2. The van der Waals surface area contributed by atoms with Gasteiger partial charge in [-0.2, -0.15) is 0 Å². The average molecular weight is 397 g/mol. The molecule has 154 valence electrons. The number of nitrogens with zero attached hydrogens (tertiary/aromatic N) is 1. The van der Waals surface area contributed by atoms with E-state index in [9.17, 15) is 9.59 Å². The molecule has 0 bridgehead atoms. The Morgan fingerprint density at radius 3 is 2.21 bits per heavy atom. The van der Waals surface area contributed by atoms with E-state index in [0.29, 0.717) is 30.2 Å². The molecule has 0 unspecified atom stereocenters. The van der Waals surface area contributed by atoms with Crippen LogP contribution < -0.4 is 9.47 Å². The van der Waals surface area contributed by atoms with Gasteiger partial charge in [0.1, 0.15) is 0 Å². The van der Waals surface area contributed by atoms with Crippen molar-refractivity contribution in [1.82, 2.24) is 4.90 Å². The molecule has 0 fully saturated rings. The molecule has 0 saturated heterocycles. The van der Waals surface area contributed by atoms with Gasteiger partial charge in [0, 0.05) is 24.7 Å². The van der Waals surface area contributed by atoms with Crippen molar-refractivity contribution >= 4 is 18.0 Å². The number of benzene rings is 2. The molecular formula is C23H27NO5. The van der Waals surface area contributed by atoms with E-state index >= 15 is 0 Å². The van der Waals surface area contributed by atoms with Gasteiger partial charge in [0.2, 0.25) is 6.10 Å². The second kappa shape index (κ2) is 10.9. The second-order valence-electron chi connectivity index (χ2n) is 6.19. The second-order valence-corrected chi connectivity index (χ2v) is 6.19. The van der Waals surface area contributed by atoms with E-state index in [2.05, 4.69) is 0 Å². The lowest BCUT2D eigenvalue weighted by Gasteiger charge is -2.25. The third-order valence-electron chi connectivity index (χ3n) is 4.46. The Kier molecular flexibility index (Phi) is 8.27. The molecule has 0 aliphatic rings. The van der Waals surface area contributed by atoms with Gasteiger partial charge in [-0.15, -0.1) is 0 Å². The molecule has 0 radical (unpaired) electrons. The minimum Gasteiger partial charge on any atom is -0.493 e. The minimum atomic E-state index is -0.987. The van der Waals surface area contributed by atoms with E-state index in [1.807, 2.05) is 32.0 Å². The Morgan fingerprint density at radius 2 is 1.62 bits per heavy atom. The fourth-order valence-electron chi connectivity index (χ4n) is 2.87. The van der Waals surface area contributed by atoms with Crippen molar-refractivity contribution in [1.29, 1.82) is 0 Å². The highest BCUT2D eigenvalue weighted by atomic mass is 16.5. The highest BCUT2D eigenvalue weighted by molar-refractivity contribution is 5.91. The van der Waals surface area contributed by atoms with Crippen molar-refractivity contribution in [3.63, 3.8) is 0 Å². The van der Waals surface area contributed by atoms with Gasteiger partial charge in [0.15, 0.2) is 11.5 Å². The normalized spacial score (nSPS) is 11.7. The lowest BCUT2D eigenvalue weighted by Crippen LogP contribution is -2.36. The Hall–Kier alpha value is -3.28. The van der Waals surface area contributed by atoms with Crippen LogP contribution in [0.15, 0.2) is 54.6 Å². The van der Waals surface area contributed by atoms with E-state index in [1.54, 1.807) is 55.5 Å². The minimum absolute atomic E-state index is 0.242. The molecule has 1 amide bonds. The Morgan fingerprint density at radius 1 is 0.966 bits per heavy atom. The van der Waals surface area contributed by atoms with Crippen LogP contribution in [0.4, 0.5) is 0 Å². The summed E-state index contributed by atoms with van der Waals surface area (Å²) in [6.07, 6.45) is 1.92. The summed E-state index contributed by atoms with van der Waals surface area (Å²) in [4.78, 5) is 27.0. The van der Waals surface area contributed by atoms with E-state index in [0.717, 1.165) is 5.56 Å². The monoisotopic (exact) mass is 397 g/mol. The van der Waals surface area contributed by atoms with Crippen molar-refractivity contribution < 1.29 is 23.8 Å². The zero-order chi connectivity index (χ0) is 21.2. The molecule has 29 heavy (non-hydrogen) atoms. The van der Waals surface area contributed by atoms with Crippen molar-refractivity contribution in [2.75, 3.05) is 27.3 Å². The van der Waals surface area contributed by atoms with Crippen LogP contribution in [0.1, 0.15) is 31.1 Å². The first-order chi connectivity index (χ1) is 14.0. The van der Waals surface area contributed by atoms with Crippen molar-refractivity contribution in [3.05, 3.63) is 65.7 Å². The lowest BCUT2D eigenvalue weighted by molar-refractivity contribution is -0.157. The summed E-state index contributed by atoms with van der Waals surface area (Å²) in [6.45, 7) is 4.86. The van der Waals surface area contributed by atoms with Gasteiger partial charge < -0.3 is 19.1 Å². The van der Waals surface area contributed by atoms with Gasteiger partial charge >= 0.3 is 5.97 Å². The third kappa shape index (κ3) is 5.85. The SMILES string of the molecule is CCN(CC)C(=O)[C@H](OC(=O)/C=C/c1ccc(OC)c(OC)c1)c1ccccc1. The summed E-state index contributed by atoms with van der Waals surface area (Å²) < 4.78 is 16.0. The molecule has 2 aromatic rings. The highest BCUT2D eigenvalue weighted by Gasteiger charge is 2.27. The summed E-state index contributed by atoms with van der Waals surface area (Å²) in [7, 11) is 3.10. The maximum atomic E-state index is 12.9. The smallest absolute Gasteiger partial charge is 0.331 e. The van der Waals surface area contributed by atoms with E-state index in [1.165, 1.54) is 6.08 Å². The van der Waals surface area contributed by atoms with Crippen molar-refractivity contribution in [2.24, 2.45) is 0 Å². The van der Waals surface area contributed by atoms with Crippen LogP contribution in [0.25, 0.3) is 6.08 Å². The van der Waals surface area contributed by atoms with Gasteiger partial charge in [0.25, 0.3) is 5.91 Å². The quantitative estimate of drug-likeness (QED) is 0.475. The highest BCUT2D eigenvalue weighted by Crippen LogP contribution is 2.28. The Balaban J connectivity index is 2.19. The molecule has 0 aliphatic heterocycles. The average Bonchev–Trinajstić information content (AvgIpc) is 2.77. The summed E-state index contributed by atoms with van der Waals surface area (Å²) in [5.41, 5.74) is 1.38. The molecule has 6 nitrogen and oxygen atoms in total. The molecule has 0 spiro atoms. The van der Waals surface area contributed by atoms with Gasteiger partial charge in [-0.3, -0.25) is 4.79 Å². The number of rotatable bonds is 9. The van der Waals surface area contributed by atoms with E-state index in [4.69, 9.17) is 14.2 Å². The first kappa shape index (κ1) is 22.0. The van der Waals surface area contributed by atoms with Crippen LogP contribution in [0, 0.1) is 0 Å². The summed E-state index contributed by atoms with van der Waals surface area (Å²) in [5.74, 6) is 0.311. The van der Waals surface area contributed by atoms with Crippen LogP contribution in [0.3, 0.4) is 0 Å². The maximum Gasteiger partial charge on any atom is 0.331 e. The van der Waals surface area contributed by atoms with E-state index < -0.39 is 12.1 Å². The topological polar surface area (TPSA) is 65.1 Å². The zero-order valence-electron chi connectivity index (χ0n) is 17.3. The summed E-state index contributed by atoms with van der Waals surface area (Å²) in [5, 5.41) is 0. The Labute approximate surface area is 171 Å². The fourth-order valence-corrected chi connectivity index (χ4v) is 2.87. The molecule has 2 aromatic carbocycles. The predicted molar refractivity (Wildman–Crippen MR) is 112 cm³/mol. The Bertz CT molecular complexity index is 844. The number of hydrogen-bond donors (Lipinski definition) is 0. The molecule has 1 atom stereocenters. The predicted octanol–water partition coefficient (Wildman–Crippen LogP) is 3.87. The standard InChI is InChI=1S/C23H27NO5/c1-5-24(6-2)23(26)22(18-10-8-7-9-11-18)29-21(25)15-13-17-12-14-19(27-3)20(16-17)28-4/h7-16,22H,5-6H2,1-4H3/b15-13+/t22-/m1/s1. The van der Waals surface area contributed by atoms with Crippen LogP contribution in [-0.2, 0) is 14.3 Å². The van der Waals surface area contributed by atoms with Crippen LogP contribution in [-0.4, -0.2) is 44.1 Å². The molecule has 6 heteroatoms. The molecule has 0 aliphatic carbocycles. The molecule has 0 aromatic heterocycles. The number of carbonyl (C=O) groups excluding carboxylic acids is 2. The summed E-state index contributed by atoms with van der Waals surface area (Å²) >= 11 is 0. The van der Waals surface area contributed by atoms with Crippen molar-refractivity contribution in [2.45, 2.75) is 20.0 Å². The summed E-state index contributed by atoms with van der Waals surface area (Å²) in [6, 6.07) is 14.3. The largest absolute Gasteiger partial charge is 0.493 e. The fraction of sp³-hybridized carbons (Fsp3) is 0.304. The molecular weight excluding hydrogens is 370 g/mol. The molecule has 0 N–H and O–H groups in total. The first-order valence-electron chi connectivity index (χ1n) is 9.48. The number of likely N-dealkylation sites (N-methyl/N-ethyl adjacent to an activating group) is 1. The molecule has 2 rings (SSSR count). The van der Waals surface area contributed by atoms with E-state index in [-0.39, 0.29) is 5.91 Å². The lowest BCUT2D eigenvalue weighted by atomic mass is 10.1. The van der Waals surface area contributed by atoms with Crippen LogP contribution in [0.2, 0.25) is 0 Å². The van der Waals surface area contributed by atoms with Gasteiger partial charge in [0.05, 0.1) is 14.2 Å². The molecule has 0 heterocycles. The number of hydrogen-bond acceptors (Lipinski definition) is 5. The number of esters is 1. The van der Waals surface area contributed by atoms with Gasteiger partial charge in [-0.05, 0) is 37.6 Å². The number of ether oxygens (including phenoxy) is 3. The maximum absolute atomic E-state index is 12.9. The van der Waals surface area contributed by atoms with Crippen LogP contribution >= 0.6 is 0 Å². The molecule has 0 saturated carbocycles. The zero-order valence-corrected chi connectivity index (χ0v) is 17.3. The third-order valence-corrected chi connectivity index (χ3v) is 4.46. The van der Waals surface area contributed by atoms with Crippen molar-refractivity contribution in [3.8, 4) is 11.5 Å². The van der Waals surface area contributed by atoms with Gasteiger partial charge in [-0.1, -0.05) is 36.4 Å². The van der Waals surface area contributed by atoms with Gasteiger partial charge in [-0.25, -0.2) is 4.79 Å². The number of methoxy groups -OCH3 is 2. The number of amides is 1.